The number of Topliss-reactive ketones (excluding diaryl/α,β-unsaturated/α-hetero) is 1. The van der Waals surface area contributed by atoms with Gasteiger partial charge in [0.1, 0.15) is 11.7 Å². The molecule has 8 atom stereocenters. The monoisotopic (exact) mass is 690 g/mol. The summed E-state index contributed by atoms with van der Waals surface area (Å²) in [5.41, 5.74) is -4.86. The maximum absolute atomic E-state index is 13.4. The number of ketones is 1. The van der Waals surface area contributed by atoms with Crippen molar-refractivity contribution in [3.63, 3.8) is 0 Å². The molecule has 0 aromatic carbocycles. The summed E-state index contributed by atoms with van der Waals surface area (Å²) in [5, 5.41) is 34.9. The second-order valence-corrected chi connectivity index (χ2v) is 15.0. The van der Waals surface area contributed by atoms with E-state index in [0.717, 1.165) is 32.1 Å². The number of allylic oxidation sites excluding steroid dienone is 10. The molecule has 0 saturated heterocycles. The predicted octanol–water partition coefficient (Wildman–Crippen LogP) is 6.97. The summed E-state index contributed by atoms with van der Waals surface area (Å²) in [5.74, 6) is -4.50. The molecule has 8 nitrogen and oxygen atoms in total. The summed E-state index contributed by atoms with van der Waals surface area (Å²) in [6.07, 6.45) is 29.7. The molecule has 2 saturated carbocycles. The number of hydrogen-bond acceptors (Lipinski definition) is 8. The zero-order chi connectivity index (χ0) is 36.7. The number of aliphatic hydroxyl groups is 3. The first-order chi connectivity index (χ1) is 23.7. The molecule has 0 amide bonds. The second-order valence-electron chi connectivity index (χ2n) is 15.0. The Morgan fingerprint density at radius 1 is 0.920 bits per heavy atom. The smallest absolute Gasteiger partial charge is 0.306 e. The Labute approximate surface area is 298 Å². The van der Waals surface area contributed by atoms with Gasteiger partial charge in [-0.15, -0.1) is 0 Å². The largest absolute Gasteiger partial charge is 0.458 e. The molecule has 4 aliphatic carbocycles. The lowest BCUT2D eigenvalue weighted by atomic mass is 9.59. The van der Waals surface area contributed by atoms with E-state index >= 15 is 0 Å². The minimum atomic E-state index is -1.95. The number of hydrogen-bond donors (Lipinski definition) is 3. The Kier molecular flexibility index (Phi) is 12.9. The average Bonchev–Trinajstić information content (AvgIpc) is 3.49. The number of fused-ring (bicyclic) bond motifs is 5. The van der Waals surface area contributed by atoms with Crippen LogP contribution in [0, 0.1) is 29.1 Å². The van der Waals surface area contributed by atoms with Crippen LogP contribution in [0.4, 0.5) is 0 Å². The van der Waals surface area contributed by atoms with Crippen molar-refractivity contribution < 1.29 is 39.2 Å². The molecule has 274 valence electrons. The van der Waals surface area contributed by atoms with Gasteiger partial charge in [-0.25, -0.2) is 0 Å². The van der Waals surface area contributed by atoms with Crippen LogP contribution in [0.5, 0.6) is 0 Å². The topological polar surface area (TPSA) is 130 Å². The molecule has 0 aliphatic heterocycles. The van der Waals surface area contributed by atoms with Crippen molar-refractivity contribution >= 4 is 17.7 Å². The molecule has 8 heteroatoms. The first-order valence-corrected chi connectivity index (χ1v) is 18.4. The SMILES string of the molecule is CC/C=C/C/C=C/C/C=C/C/C=C/C/C=C/CCCC(=O)O[C@@H]1[C@@H](C)[C@@]2(O)[C@@H](C=C(CO)C[C@]3(O)C(=O)C(C)=C[C@@H]23)[C@@H]2C(C)(C)[C@]12OC(C)=O. The van der Waals surface area contributed by atoms with E-state index in [2.05, 4.69) is 61.6 Å². The third kappa shape index (κ3) is 7.49. The van der Waals surface area contributed by atoms with Crippen LogP contribution in [0.25, 0.3) is 0 Å². The molecule has 0 spiro atoms. The summed E-state index contributed by atoms with van der Waals surface area (Å²) in [4.78, 5) is 39.3. The summed E-state index contributed by atoms with van der Waals surface area (Å²) in [6, 6.07) is 0. The van der Waals surface area contributed by atoms with Crippen LogP contribution in [0.2, 0.25) is 0 Å². The lowest BCUT2D eigenvalue weighted by Crippen LogP contribution is -2.66. The lowest BCUT2D eigenvalue weighted by Gasteiger charge is -2.53. The van der Waals surface area contributed by atoms with E-state index in [-0.39, 0.29) is 12.8 Å². The Morgan fingerprint density at radius 2 is 1.48 bits per heavy atom. The van der Waals surface area contributed by atoms with Gasteiger partial charge in [0.05, 0.1) is 12.2 Å². The third-order valence-electron chi connectivity index (χ3n) is 11.4. The average molecular weight is 691 g/mol. The van der Waals surface area contributed by atoms with Gasteiger partial charge < -0.3 is 24.8 Å². The zero-order valence-corrected chi connectivity index (χ0v) is 30.8. The molecule has 0 aromatic rings. The van der Waals surface area contributed by atoms with Crippen molar-refractivity contribution in [3.8, 4) is 0 Å². The Morgan fingerprint density at radius 3 is 2.02 bits per heavy atom. The van der Waals surface area contributed by atoms with Crippen LogP contribution in [0.1, 0.15) is 99.3 Å². The molecule has 3 N–H and O–H groups in total. The van der Waals surface area contributed by atoms with Gasteiger partial charge in [-0.3, -0.25) is 14.4 Å². The summed E-state index contributed by atoms with van der Waals surface area (Å²) >= 11 is 0. The van der Waals surface area contributed by atoms with Crippen molar-refractivity contribution in [2.75, 3.05) is 6.61 Å². The summed E-state index contributed by atoms with van der Waals surface area (Å²) in [6.45, 7) is 10.2. The molecule has 0 unspecified atom stereocenters. The van der Waals surface area contributed by atoms with Gasteiger partial charge in [0.15, 0.2) is 11.4 Å². The van der Waals surface area contributed by atoms with E-state index in [0.29, 0.717) is 24.0 Å². The first-order valence-electron chi connectivity index (χ1n) is 18.4. The lowest BCUT2D eigenvalue weighted by molar-refractivity contribution is -0.228. The van der Waals surface area contributed by atoms with E-state index in [1.807, 2.05) is 19.9 Å². The Hall–Kier alpha value is -3.33. The second kappa shape index (κ2) is 16.3. The van der Waals surface area contributed by atoms with Crippen LogP contribution < -0.4 is 0 Å². The zero-order valence-electron chi connectivity index (χ0n) is 30.8. The number of ether oxygens (including phenoxy) is 2. The number of esters is 2. The number of carbonyl (C=O) groups is 3. The molecule has 50 heavy (non-hydrogen) atoms. The van der Waals surface area contributed by atoms with Crippen molar-refractivity contribution in [3.05, 3.63) is 84.1 Å². The number of carbonyl (C=O) groups excluding carboxylic acids is 3. The maximum atomic E-state index is 13.4. The van der Waals surface area contributed by atoms with Gasteiger partial charge in [0.25, 0.3) is 0 Å². The molecule has 0 heterocycles. The molecule has 4 aliphatic rings. The van der Waals surface area contributed by atoms with Crippen molar-refractivity contribution in [1.82, 2.24) is 0 Å². The first kappa shape index (κ1) is 39.5. The van der Waals surface area contributed by atoms with Crippen molar-refractivity contribution in [2.45, 2.75) is 122 Å². The van der Waals surface area contributed by atoms with Crippen molar-refractivity contribution in [1.29, 1.82) is 0 Å². The molecule has 0 bridgehead atoms. The molecule has 0 aromatic heterocycles. The van der Waals surface area contributed by atoms with Crippen LogP contribution in [-0.4, -0.2) is 62.6 Å². The Balaban J connectivity index is 1.38. The minimum Gasteiger partial charge on any atom is -0.458 e. The fourth-order valence-corrected chi connectivity index (χ4v) is 8.99. The van der Waals surface area contributed by atoms with Crippen LogP contribution in [0.15, 0.2) is 84.1 Å². The van der Waals surface area contributed by atoms with Gasteiger partial charge in [-0.2, -0.15) is 0 Å². The fourth-order valence-electron chi connectivity index (χ4n) is 8.99. The van der Waals surface area contributed by atoms with Gasteiger partial charge >= 0.3 is 11.9 Å². The standard InChI is InChI=1S/C42H58O8/c1-7-8-9-10-11-12-13-14-15-16-17-18-19-20-21-22-23-24-35(45)49-38-30(3)41(48)33(36-39(5,6)42(36,38)50-31(4)44)26-32(28-43)27-40(47)34(41)25-29(2)37(40)46/h8-9,11-12,14-15,17-18,20-21,25-26,30,33-34,36,38,43,47-48H,7,10,13,16,19,22-24,27-28H2,1-6H3/b9-8+,12-11+,15-14+,18-17+,21-20+/t30-,33+,34-,36-,38-,40-,41-,42-/m1/s1. The Bertz CT molecular complexity index is 1480. The highest BCUT2D eigenvalue weighted by molar-refractivity contribution is 6.04. The predicted molar refractivity (Wildman–Crippen MR) is 195 cm³/mol. The normalized spacial score (nSPS) is 34.6. The van der Waals surface area contributed by atoms with Crippen LogP contribution in [0.3, 0.4) is 0 Å². The quantitative estimate of drug-likeness (QED) is 0.0900. The molecule has 2 fully saturated rings. The molecule has 4 rings (SSSR count). The maximum Gasteiger partial charge on any atom is 0.306 e. The summed E-state index contributed by atoms with van der Waals surface area (Å²) in [7, 11) is 0. The molecule has 0 radical (unpaired) electrons. The van der Waals surface area contributed by atoms with E-state index < -0.39 is 76.3 Å². The number of aliphatic hydroxyl groups excluding tert-OH is 1. The molecular weight excluding hydrogens is 632 g/mol. The third-order valence-corrected chi connectivity index (χ3v) is 11.4. The van der Waals surface area contributed by atoms with Gasteiger partial charge in [-0.05, 0) is 63.0 Å². The minimum absolute atomic E-state index is 0.125. The van der Waals surface area contributed by atoms with E-state index in [4.69, 9.17) is 9.47 Å². The highest BCUT2D eigenvalue weighted by atomic mass is 16.6. The fraction of sp³-hybridized carbons (Fsp3) is 0.595. The van der Waals surface area contributed by atoms with Gasteiger partial charge in [0, 0.05) is 48.9 Å². The van der Waals surface area contributed by atoms with Gasteiger partial charge in [0.2, 0.25) is 0 Å². The number of rotatable bonds is 16. The highest BCUT2D eigenvalue weighted by Crippen LogP contribution is 2.77. The molecular formula is C42H58O8. The van der Waals surface area contributed by atoms with Gasteiger partial charge in [-0.1, -0.05) is 101 Å². The number of unbranched alkanes of at least 4 members (excludes halogenated alkanes) is 1. The highest BCUT2D eigenvalue weighted by Gasteiger charge is 2.87. The van der Waals surface area contributed by atoms with E-state index in [1.54, 1.807) is 26.0 Å². The van der Waals surface area contributed by atoms with E-state index in [9.17, 15) is 29.7 Å². The van der Waals surface area contributed by atoms with E-state index in [1.165, 1.54) is 6.92 Å². The summed E-state index contributed by atoms with van der Waals surface area (Å²) < 4.78 is 12.3. The van der Waals surface area contributed by atoms with Crippen LogP contribution in [-0.2, 0) is 23.9 Å². The van der Waals surface area contributed by atoms with Crippen LogP contribution >= 0.6 is 0 Å². The van der Waals surface area contributed by atoms with Crippen molar-refractivity contribution in [2.24, 2.45) is 29.1 Å².